The number of rotatable bonds is 2. The van der Waals surface area contributed by atoms with Crippen molar-refractivity contribution in [1.29, 1.82) is 0 Å². The standard InChI is InChI=1S/C8H14N4O3S/c1-5-6(3-4-15-5)7-10-11-8(12(7)2)16(9,13)14/h5-6H,3-4H2,1-2H3,(H2,9,13,14). The van der Waals surface area contributed by atoms with Crippen LogP contribution < -0.4 is 5.14 Å². The topological polar surface area (TPSA) is 100 Å². The van der Waals surface area contributed by atoms with E-state index < -0.39 is 10.0 Å². The quantitative estimate of drug-likeness (QED) is 0.747. The third-order valence-corrected chi connectivity index (χ3v) is 3.70. The third kappa shape index (κ3) is 1.83. The monoisotopic (exact) mass is 246 g/mol. The summed E-state index contributed by atoms with van der Waals surface area (Å²) in [5.74, 6) is 0.682. The summed E-state index contributed by atoms with van der Waals surface area (Å²) >= 11 is 0. The van der Waals surface area contributed by atoms with Gasteiger partial charge in [0.15, 0.2) is 0 Å². The molecule has 7 nitrogen and oxygen atoms in total. The molecule has 0 saturated carbocycles. The molecule has 2 heterocycles. The Morgan fingerprint density at radius 2 is 2.19 bits per heavy atom. The molecule has 90 valence electrons. The SMILES string of the molecule is CC1OCCC1c1nnc(S(N)(=O)=O)n1C. The van der Waals surface area contributed by atoms with Crippen LogP contribution in [0.1, 0.15) is 25.1 Å². The summed E-state index contributed by atoms with van der Waals surface area (Å²) in [5, 5.41) is 12.3. The minimum Gasteiger partial charge on any atom is -0.378 e. The van der Waals surface area contributed by atoms with Gasteiger partial charge in [0.2, 0.25) is 0 Å². The normalized spacial score (nSPS) is 26.2. The van der Waals surface area contributed by atoms with E-state index in [0.717, 1.165) is 6.42 Å². The molecule has 2 N–H and O–H groups in total. The lowest BCUT2D eigenvalue weighted by molar-refractivity contribution is 0.117. The number of hydrogen-bond acceptors (Lipinski definition) is 5. The first-order chi connectivity index (χ1) is 7.41. The third-order valence-electron chi connectivity index (χ3n) is 2.83. The Morgan fingerprint density at radius 3 is 2.62 bits per heavy atom. The van der Waals surface area contributed by atoms with E-state index in [0.29, 0.717) is 12.4 Å². The summed E-state index contributed by atoms with van der Waals surface area (Å²) in [6.45, 7) is 2.59. The van der Waals surface area contributed by atoms with Crippen LogP contribution in [0.25, 0.3) is 0 Å². The Labute approximate surface area is 93.7 Å². The molecule has 0 radical (unpaired) electrons. The molecule has 2 unspecified atom stereocenters. The lowest BCUT2D eigenvalue weighted by Crippen LogP contribution is -2.19. The van der Waals surface area contributed by atoms with Crippen molar-refractivity contribution in [3.8, 4) is 0 Å². The van der Waals surface area contributed by atoms with Crippen molar-refractivity contribution in [3.63, 3.8) is 0 Å². The Kier molecular flexibility index (Phi) is 2.72. The van der Waals surface area contributed by atoms with Gasteiger partial charge >= 0.3 is 0 Å². The number of primary sulfonamides is 1. The first kappa shape index (κ1) is 11.5. The van der Waals surface area contributed by atoms with Crippen molar-refractivity contribution in [1.82, 2.24) is 14.8 Å². The van der Waals surface area contributed by atoms with Crippen LogP contribution in [0.15, 0.2) is 5.16 Å². The fraction of sp³-hybridized carbons (Fsp3) is 0.750. The molecule has 2 rings (SSSR count). The lowest BCUT2D eigenvalue weighted by Gasteiger charge is -2.12. The van der Waals surface area contributed by atoms with Gasteiger partial charge in [-0.15, -0.1) is 10.2 Å². The Morgan fingerprint density at radius 1 is 1.50 bits per heavy atom. The van der Waals surface area contributed by atoms with E-state index in [4.69, 9.17) is 9.88 Å². The van der Waals surface area contributed by atoms with Crippen molar-refractivity contribution in [2.45, 2.75) is 30.5 Å². The highest BCUT2D eigenvalue weighted by Gasteiger charge is 2.31. The first-order valence-electron chi connectivity index (χ1n) is 4.95. The Hall–Kier alpha value is -0.990. The summed E-state index contributed by atoms with van der Waals surface area (Å²) in [7, 11) is -2.21. The zero-order valence-electron chi connectivity index (χ0n) is 9.12. The van der Waals surface area contributed by atoms with E-state index >= 15 is 0 Å². The number of hydrogen-bond donors (Lipinski definition) is 1. The number of nitrogens with zero attached hydrogens (tertiary/aromatic N) is 3. The molecule has 1 fully saturated rings. The fourth-order valence-corrected chi connectivity index (χ4v) is 2.60. The highest BCUT2D eigenvalue weighted by Crippen LogP contribution is 2.29. The predicted molar refractivity (Wildman–Crippen MR) is 55.1 cm³/mol. The van der Waals surface area contributed by atoms with Crippen LogP contribution in [0, 0.1) is 0 Å². The van der Waals surface area contributed by atoms with Crippen LogP contribution in [0.4, 0.5) is 0 Å². The van der Waals surface area contributed by atoms with Crippen molar-refractivity contribution in [2.75, 3.05) is 6.61 Å². The van der Waals surface area contributed by atoms with Crippen LogP contribution in [0.5, 0.6) is 0 Å². The zero-order valence-corrected chi connectivity index (χ0v) is 9.94. The molecule has 0 amide bonds. The molecule has 1 aliphatic heterocycles. The summed E-state index contributed by atoms with van der Waals surface area (Å²) in [5.41, 5.74) is 0. The van der Waals surface area contributed by atoms with Gasteiger partial charge in [0.1, 0.15) is 5.82 Å². The second-order valence-corrected chi connectivity index (χ2v) is 5.37. The van der Waals surface area contributed by atoms with Crippen LogP contribution >= 0.6 is 0 Å². The minimum absolute atomic E-state index is 0.0243. The van der Waals surface area contributed by atoms with E-state index in [9.17, 15) is 8.42 Å². The smallest absolute Gasteiger partial charge is 0.273 e. The number of ether oxygens (including phenoxy) is 1. The maximum atomic E-state index is 11.2. The predicted octanol–water partition coefficient (Wildman–Crippen LogP) is -0.645. The molecule has 0 aliphatic carbocycles. The Balaban J connectivity index is 2.41. The number of sulfonamides is 1. The first-order valence-corrected chi connectivity index (χ1v) is 6.49. The van der Waals surface area contributed by atoms with Gasteiger partial charge in [0, 0.05) is 19.6 Å². The average molecular weight is 246 g/mol. The molecule has 1 aromatic heterocycles. The van der Waals surface area contributed by atoms with Gasteiger partial charge in [-0.05, 0) is 13.3 Å². The largest absolute Gasteiger partial charge is 0.378 e. The molecule has 0 spiro atoms. The van der Waals surface area contributed by atoms with E-state index in [1.165, 1.54) is 4.57 Å². The molecule has 0 aromatic carbocycles. The zero-order chi connectivity index (χ0) is 11.9. The Bertz CT molecular complexity index is 495. The van der Waals surface area contributed by atoms with Crippen molar-refractivity contribution < 1.29 is 13.2 Å². The maximum absolute atomic E-state index is 11.2. The summed E-state index contributed by atoms with van der Waals surface area (Å²) in [4.78, 5) is 0. The second-order valence-electron chi connectivity index (χ2n) is 3.92. The van der Waals surface area contributed by atoms with Crippen molar-refractivity contribution >= 4 is 10.0 Å². The van der Waals surface area contributed by atoms with Gasteiger partial charge in [-0.2, -0.15) is 0 Å². The molecule has 8 heteroatoms. The summed E-state index contributed by atoms with van der Waals surface area (Å²) in [6.07, 6.45) is 0.842. The van der Waals surface area contributed by atoms with E-state index in [-0.39, 0.29) is 17.2 Å². The molecule has 16 heavy (non-hydrogen) atoms. The van der Waals surface area contributed by atoms with E-state index in [2.05, 4.69) is 10.2 Å². The highest BCUT2D eigenvalue weighted by molar-refractivity contribution is 7.89. The van der Waals surface area contributed by atoms with Crippen LogP contribution in [0.2, 0.25) is 0 Å². The van der Waals surface area contributed by atoms with Gasteiger partial charge < -0.3 is 9.30 Å². The molecule has 1 aliphatic rings. The van der Waals surface area contributed by atoms with Gasteiger partial charge in [0.05, 0.1) is 6.10 Å². The fourth-order valence-electron chi connectivity index (χ4n) is 1.97. The van der Waals surface area contributed by atoms with Gasteiger partial charge in [-0.1, -0.05) is 0 Å². The van der Waals surface area contributed by atoms with Gasteiger partial charge in [-0.3, -0.25) is 0 Å². The molecule has 1 saturated heterocycles. The van der Waals surface area contributed by atoms with Crippen molar-refractivity contribution in [2.24, 2.45) is 12.2 Å². The number of nitrogens with two attached hydrogens (primary N) is 1. The summed E-state index contributed by atoms with van der Waals surface area (Å²) in [6, 6.07) is 0. The van der Waals surface area contributed by atoms with Gasteiger partial charge in [0.25, 0.3) is 15.2 Å². The van der Waals surface area contributed by atoms with Crippen LogP contribution in [-0.4, -0.2) is 35.9 Å². The molecule has 2 atom stereocenters. The minimum atomic E-state index is -3.81. The van der Waals surface area contributed by atoms with Crippen LogP contribution in [-0.2, 0) is 21.8 Å². The van der Waals surface area contributed by atoms with Crippen LogP contribution in [0.3, 0.4) is 0 Å². The molecule has 0 bridgehead atoms. The van der Waals surface area contributed by atoms with E-state index in [1.807, 2.05) is 6.92 Å². The lowest BCUT2D eigenvalue weighted by atomic mass is 10.0. The highest BCUT2D eigenvalue weighted by atomic mass is 32.2. The number of aromatic nitrogens is 3. The van der Waals surface area contributed by atoms with Crippen molar-refractivity contribution in [3.05, 3.63) is 5.82 Å². The van der Waals surface area contributed by atoms with E-state index in [1.54, 1.807) is 7.05 Å². The maximum Gasteiger partial charge on any atom is 0.273 e. The molecular weight excluding hydrogens is 232 g/mol. The van der Waals surface area contributed by atoms with Gasteiger partial charge in [-0.25, -0.2) is 13.6 Å². The summed E-state index contributed by atoms with van der Waals surface area (Å²) < 4.78 is 29.2. The molecular formula is C8H14N4O3S. The average Bonchev–Trinajstić information content (AvgIpc) is 2.70. The second kappa shape index (κ2) is 3.79. The molecule has 1 aromatic rings.